The Morgan fingerprint density at radius 3 is 2.38 bits per heavy atom. The molecule has 3 nitrogen and oxygen atoms in total. The second kappa shape index (κ2) is 5.32. The van der Waals surface area contributed by atoms with E-state index in [1.165, 1.54) is 0 Å². The van der Waals surface area contributed by atoms with Gasteiger partial charge in [-0.2, -0.15) is 0 Å². The standard InChI is InChI=1S/C13H18O3/c1-10(2)9-16-12-5-3-11(4-6-12)13-14-7-8-15-13/h3-6,10,13H,7-9H2,1-2H3. The maximum Gasteiger partial charge on any atom is 0.184 e. The molecule has 0 aliphatic carbocycles. The summed E-state index contributed by atoms with van der Waals surface area (Å²) in [6, 6.07) is 7.91. The van der Waals surface area contributed by atoms with Crippen LogP contribution in [0.4, 0.5) is 0 Å². The summed E-state index contributed by atoms with van der Waals surface area (Å²) in [5.41, 5.74) is 1.05. The maximum absolute atomic E-state index is 5.60. The van der Waals surface area contributed by atoms with Gasteiger partial charge in [0.2, 0.25) is 0 Å². The van der Waals surface area contributed by atoms with Crippen LogP contribution in [0.3, 0.4) is 0 Å². The number of ether oxygens (including phenoxy) is 3. The van der Waals surface area contributed by atoms with Crippen molar-refractivity contribution in [2.75, 3.05) is 19.8 Å². The van der Waals surface area contributed by atoms with Crippen LogP contribution in [0.15, 0.2) is 24.3 Å². The van der Waals surface area contributed by atoms with Crippen molar-refractivity contribution in [3.63, 3.8) is 0 Å². The molecular weight excluding hydrogens is 204 g/mol. The first-order chi connectivity index (χ1) is 7.75. The Balaban J connectivity index is 1.93. The third kappa shape index (κ3) is 2.97. The molecule has 1 aliphatic rings. The molecule has 1 fully saturated rings. The molecule has 0 spiro atoms. The highest BCUT2D eigenvalue weighted by Crippen LogP contribution is 2.25. The minimum Gasteiger partial charge on any atom is -0.493 e. The first-order valence-corrected chi connectivity index (χ1v) is 5.71. The van der Waals surface area contributed by atoms with E-state index in [4.69, 9.17) is 14.2 Å². The van der Waals surface area contributed by atoms with Gasteiger partial charge in [0.25, 0.3) is 0 Å². The zero-order valence-corrected chi connectivity index (χ0v) is 9.81. The smallest absolute Gasteiger partial charge is 0.184 e. The van der Waals surface area contributed by atoms with Gasteiger partial charge in [-0.3, -0.25) is 0 Å². The third-order valence-corrected chi connectivity index (χ3v) is 2.36. The molecule has 0 atom stereocenters. The molecule has 1 aliphatic heterocycles. The molecule has 0 unspecified atom stereocenters. The van der Waals surface area contributed by atoms with Crippen molar-refractivity contribution < 1.29 is 14.2 Å². The summed E-state index contributed by atoms with van der Waals surface area (Å²) < 4.78 is 16.4. The molecule has 0 aromatic heterocycles. The third-order valence-electron chi connectivity index (χ3n) is 2.36. The SMILES string of the molecule is CC(C)COc1ccc(C2OCCO2)cc1. The van der Waals surface area contributed by atoms with Crippen molar-refractivity contribution in [1.82, 2.24) is 0 Å². The summed E-state index contributed by atoms with van der Waals surface area (Å²) in [5, 5.41) is 0. The summed E-state index contributed by atoms with van der Waals surface area (Å²) in [4.78, 5) is 0. The molecule has 16 heavy (non-hydrogen) atoms. The van der Waals surface area contributed by atoms with Crippen molar-refractivity contribution in [2.45, 2.75) is 20.1 Å². The topological polar surface area (TPSA) is 27.7 Å². The Hall–Kier alpha value is -1.06. The molecule has 0 amide bonds. The zero-order valence-electron chi connectivity index (χ0n) is 9.81. The Bertz CT molecular complexity index is 312. The van der Waals surface area contributed by atoms with Gasteiger partial charge in [0.1, 0.15) is 5.75 Å². The number of hydrogen-bond donors (Lipinski definition) is 0. The zero-order chi connectivity index (χ0) is 11.4. The van der Waals surface area contributed by atoms with Crippen LogP contribution in [0.2, 0.25) is 0 Å². The molecule has 0 radical (unpaired) electrons. The molecule has 0 saturated carbocycles. The second-order valence-electron chi connectivity index (χ2n) is 4.35. The maximum atomic E-state index is 5.60. The highest BCUT2D eigenvalue weighted by molar-refractivity contribution is 5.28. The quantitative estimate of drug-likeness (QED) is 0.784. The Morgan fingerprint density at radius 1 is 1.19 bits per heavy atom. The van der Waals surface area contributed by atoms with Crippen LogP contribution in [0, 0.1) is 5.92 Å². The molecule has 0 bridgehead atoms. The normalized spacial score (nSPS) is 16.9. The predicted octanol–water partition coefficient (Wildman–Crippen LogP) is 2.77. The van der Waals surface area contributed by atoms with Gasteiger partial charge in [-0.1, -0.05) is 26.0 Å². The number of rotatable bonds is 4. The minimum atomic E-state index is -0.195. The van der Waals surface area contributed by atoms with E-state index in [9.17, 15) is 0 Å². The van der Waals surface area contributed by atoms with Gasteiger partial charge in [0.15, 0.2) is 6.29 Å². The summed E-state index contributed by atoms with van der Waals surface area (Å²) >= 11 is 0. The van der Waals surface area contributed by atoms with Crippen molar-refractivity contribution in [3.8, 4) is 5.75 Å². The fourth-order valence-corrected chi connectivity index (χ4v) is 1.53. The van der Waals surface area contributed by atoms with E-state index in [0.29, 0.717) is 19.1 Å². The predicted molar refractivity (Wildman–Crippen MR) is 61.4 cm³/mol. The van der Waals surface area contributed by atoms with E-state index in [-0.39, 0.29) is 6.29 Å². The number of benzene rings is 1. The lowest BCUT2D eigenvalue weighted by atomic mass is 10.2. The van der Waals surface area contributed by atoms with Crippen LogP contribution >= 0.6 is 0 Å². The summed E-state index contributed by atoms with van der Waals surface area (Å²) in [7, 11) is 0. The molecule has 1 saturated heterocycles. The molecule has 0 N–H and O–H groups in total. The molecule has 88 valence electrons. The summed E-state index contributed by atoms with van der Waals surface area (Å²) in [5.74, 6) is 1.44. The Kier molecular flexibility index (Phi) is 3.80. The van der Waals surface area contributed by atoms with Gasteiger partial charge in [0, 0.05) is 5.56 Å². The van der Waals surface area contributed by atoms with Gasteiger partial charge in [-0.15, -0.1) is 0 Å². The average Bonchev–Trinajstić information content (AvgIpc) is 2.80. The minimum absolute atomic E-state index is 0.195. The van der Waals surface area contributed by atoms with Crippen LogP contribution in [0.1, 0.15) is 25.7 Å². The molecular formula is C13H18O3. The van der Waals surface area contributed by atoms with E-state index in [1.54, 1.807) is 0 Å². The second-order valence-corrected chi connectivity index (χ2v) is 4.35. The Morgan fingerprint density at radius 2 is 1.81 bits per heavy atom. The Labute approximate surface area is 96.3 Å². The van der Waals surface area contributed by atoms with Gasteiger partial charge in [-0.05, 0) is 18.1 Å². The van der Waals surface area contributed by atoms with Crippen molar-refractivity contribution in [3.05, 3.63) is 29.8 Å². The van der Waals surface area contributed by atoms with E-state index in [2.05, 4.69) is 13.8 Å². The molecule has 2 rings (SSSR count). The highest BCUT2D eigenvalue weighted by atomic mass is 16.7. The van der Waals surface area contributed by atoms with Crippen LogP contribution in [0.5, 0.6) is 5.75 Å². The van der Waals surface area contributed by atoms with Gasteiger partial charge in [0.05, 0.1) is 19.8 Å². The van der Waals surface area contributed by atoms with E-state index < -0.39 is 0 Å². The van der Waals surface area contributed by atoms with Crippen LogP contribution in [0.25, 0.3) is 0 Å². The van der Waals surface area contributed by atoms with Crippen molar-refractivity contribution in [2.24, 2.45) is 5.92 Å². The van der Waals surface area contributed by atoms with Crippen LogP contribution in [-0.2, 0) is 9.47 Å². The molecule has 3 heteroatoms. The fourth-order valence-electron chi connectivity index (χ4n) is 1.53. The first-order valence-electron chi connectivity index (χ1n) is 5.71. The van der Waals surface area contributed by atoms with Crippen LogP contribution < -0.4 is 4.74 Å². The first kappa shape index (κ1) is 11.4. The highest BCUT2D eigenvalue weighted by Gasteiger charge is 2.17. The number of hydrogen-bond acceptors (Lipinski definition) is 3. The monoisotopic (exact) mass is 222 g/mol. The lowest BCUT2D eigenvalue weighted by Crippen LogP contribution is -2.04. The van der Waals surface area contributed by atoms with E-state index in [1.807, 2.05) is 24.3 Å². The fraction of sp³-hybridized carbons (Fsp3) is 0.538. The summed E-state index contributed by atoms with van der Waals surface area (Å²) in [6.45, 7) is 6.37. The lowest BCUT2D eigenvalue weighted by molar-refractivity contribution is -0.0441. The van der Waals surface area contributed by atoms with E-state index in [0.717, 1.165) is 17.9 Å². The van der Waals surface area contributed by atoms with Gasteiger partial charge >= 0.3 is 0 Å². The van der Waals surface area contributed by atoms with Crippen molar-refractivity contribution in [1.29, 1.82) is 0 Å². The lowest BCUT2D eigenvalue weighted by Gasteiger charge is -2.11. The van der Waals surface area contributed by atoms with Gasteiger partial charge in [-0.25, -0.2) is 0 Å². The van der Waals surface area contributed by atoms with Crippen molar-refractivity contribution >= 4 is 0 Å². The van der Waals surface area contributed by atoms with Gasteiger partial charge < -0.3 is 14.2 Å². The molecule has 1 aromatic rings. The largest absolute Gasteiger partial charge is 0.493 e. The molecule has 1 heterocycles. The van der Waals surface area contributed by atoms with E-state index >= 15 is 0 Å². The van der Waals surface area contributed by atoms with Crippen LogP contribution in [-0.4, -0.2) is 19.8 Å². The summed E-state index contributed by atoms with van der Waals surface area (Å²) in [6.07, 6.45) is -0.195. The average molecular weight is 222 g/mol. The molecule has 1 aromatic carbocycles.